The van der Waals surface area contributed by atoms with Crippen LogP contribution in [0.1, 0.15) is 28.3 Å². The first-order valence-electron chi connectivity index (χ1n) is 4.88. The zero-order valence-electron chi connectivity index (χ0n) is 7.99. The van der Waals surface area contributed by atoms with Gasteiger partial charge in [-0.2, -0.15) is 0 Å². The maximum atomic E-state index is 10.8. The molecule has 14 heavy (non-hydrogen) atoms. The maximum Gasteiger partial charge on any atom is 0.248 e. The van der Waals surface area contributed by atoms with Gasteiger partial charge in [0.05, 0.1) is 0 Å². The van der Waals surface area contributed by atoms with E-state index in [0.717, 1.165) is 13.1 Å². The van der Waals surface area contributed by atoms with Crippen LogP contribution in [0.25, 0.3) is 0 Å². The van der Waals surface area contributed by atoms with Gasteiger partial charge in [0, 0.05) is 12.1 Å². The Labute approximate surface area is 83.3 Å². The molecule has 0 aromatic heterocycles. The zero-order chi connectivity index (χ0) is 9.97. The van der Waals surface area contributed by atoms with Crippen LogP contribution in [0, 0.1) is 0 Å². The van der Waals surface area contributed by atoms with E-state index in [2.05, 4.69) is 5.32 Å². The lowest BCUT2D eigenvalue weighted by atomic mass is 9.97. The molecule has 1 saturated heterocycles. The van der Waals surface area contributed by atoms with Crippen LogP contribution < -0.4 is 11.1 Å². The summed E-state index contributed by atoms with van der Waals surface area (Å²) in [5, 5.41) is 3.32. The molecule has 1 aliphatic rings. The molecule has 2 rings (SSSR count). The molecule has 3 heteroatoms. The molecule has 1 amide bonds. The molecule has 3 nitrogen and oxygen atoms in total. The highest BCUT2D eigenvalue weighted by molar-refractivity contribution is 5.92. The predicted octanol–water partition coefficient (Wildman–Crippen LogP) is 0.862. The number of carbonyl (C=O) groups excluding carboxylic acids is 1. The molecule has 74 valence electrons. The minimum Gasteiger partial charge on any atom is -0.366 e. The molecule has 0 aliphatic carbocycles. The highest BCUT2D eigenvalue weighted by Gasteiger charge is 2.16. The van der Waals surface area contributed by atoms with Crippen molar-refractivity contribution >= 4 is 5.91 Å². The summed E-state index contributed by atoms with van der Waals surface area (Å²) in [6.07, 6.45) is 1.18. The Kier molecular flexibility index (Phi) is 2.50. The van der Waals surface area contributed by atoms with Crippen molar-refractivity contribution in [1.29, 1.82) is 0 Å². The van der Waals surface area contributed by atoms with Crippen LogP contribution in [0.4, 0.5) is 0 Å². The number of benzene rings is 1. The largest absolute Gasteiger partial charge is 0.366 e. The molecule has 1 aromatic carbocycles. The van der Waals surface area contributed by atoms with Gasteiger partial charge in [0.1, 0.15) is 0 Å². The molecule has 0 radical (unpaired) electrons. The molecule has 1 heterocycles. The molecular formula is C11H14N2O. The summed E-state index contributed by atoms with van der Waals surface area (Å²) in [7, 11) is 0. The first-order chi connectivity index (χ1) is 6.77. The molecule has 1 atom stereocenters. The lowest BCUT2D eigenvalue weighted by molar-refractivity contribution is 0.100. The van der Waals surface area contributed by atoms with E-state index in [-0.39, 0.29) is 5.91 Å². The highest BCUT2D eigenvalue weighted by Crippen LogP contribution is 2.22. The van der Waals surface area contributed by atoms with E-state index in [1.165, 1.54) is 12.0 Å². The van der Waals surface area contributed by atoms with E-state index in [0.29, 0.717) is 11.5 Å². The molecule has 1 unspecified atom stereocenters. The minimum absolute atomic E-state index is 0.360. The van der Waals surface area contributed by atoms with Crippen molar-refractivity contribution in [3.8, 4) is 0 Å². The first-order valence-corrected chi connectivity index (χ1v) is 4.88. The summed E-state index contributed by atoms with van der Waals surface area (Å²) >= 11 is 0. The van der Waals surface area contributed by atoms with Crippen LogP contribution in [-0.4, -0.2) is 19.0 Å². The Balaban J connectivity index is 2.16. The van der Waals surface area contributed by atoms with Crippen LogP contribution in [0.15, 0.2) is 24.3 Å². The Hall–Kier alpha value is -1.35. The van der Waals surface area contributed by atoms with Gasteiger partial charge in [0.15, 0.2) is 0 Å². The summed E-state index contributed by atoms with van der Waals surface area (Å²) < 4.78 is 0. The van der Waals surface area contributed by atoms with Gasteiger partial charge in [0.25, 0.3) is 0 Å². The van der Waals surface area contributed by atoms with Crippen molar-refractivity contribution in [3.63, 3.8) is 0 Å². The fraction of sp³-hybridized carbons (Fsp3) is 0.364. The Bertz CT molecular complexity index is 326. The lowest BCUT2D eigenvalue weighted by Gasteiger charge is -2.08. The van der Waals surface area contributed by atoms with Crippen molar-refractivity contribution in [2.75, 3.05) is 13.1 Å². The van der Waals surface area contributed by atoms with Crippen molar-refractivity contribution < 1.29 is 4.79 Å². The van der Waals surface area contributed by atoms with Crippen molar-refractivity contribution in [3.05, 3.63) is 35.4 Å². The average Bonchev–Trinajstić information content (AvgIpc) is 2.71. The van der Waals surface area contributed by atoms with Gasteiger partial charge in [-0.25, -0.2) is 0 Å². The van der Waals surface area contributed by atoms with Crippen molar-refractivity contribution in [2.45, 2.75) is 12.3 Å². The van der Waals surface area contributed by atoms with E-state index >= 15 is 0 Å². The summed E-state index contributed by atoms with van der Waals surface area (Å²) in [5.41, 5.74) is 7.04. The third-order valence-electron chi connectivity index (χ3n) is 2.73. The SMILES string of the molecule is NC(=O)c1ccc(C2CCNC2)cc1. The number of nitrogens with one attached hydrogen (secondary N) is 1. The quantitative estimate of drug-likeness (QED) is 0.726. The van der Waals surface area contributed by atoms with E-state index in [4.69, 9.17) is 5.73 Å². The Morgan fingerprint density at radius 2 is 2.07 bits per heavy atom. The Morgan fingerprint density at radius 3 is 2.57 bits per heavy atom. The number of hydrogen-bond acceptors (Lipinski definition) is 2. The second-order valence-corrected chi connectivity index (χ2v) is 3.68. The first kappa shape index (κ1) is 9.21. The van der Waals surface area contributed by atoms with Gasteiger partial charge in [-0.15, -0.1) is 0 Å². The van der Waals surface area contributed by atoms with E-state index < -0.39 is 0 Å². The maximum absolute atomic E-state index is 10.8. The second kappa shape index (κ2) is 3.80. The van der Waals surface area contributed by atoms with Crippen LogP contribution in [-0.2, 0) is 0 Å². The second-order valence-electron chi connectivity index (χ2n) is 3.68. The smallest absolute Gasteiger partial charge is 0.248 e. The van der Waals surface area contributed by atoms with Crippen LogP contribution in [0.2, 0.25) is 0 Å². The van der Waals surface area contributed by atoms with E-state index in [1.54, 1.807) is 12.1 Å². The summed E-state index contributed by atoms with van der Waals surface area (Å²) in [4.78, 5) is 10.8. The van der Waals surface area contributed by atoms with Crippen LogP contribution in [0.5, 0.6) is 0 Å². The summed E-state index contributed by atoms with van der Waals surface area (Å²) in [5.74, 6) is 0.234. The molecule has 1 fully saturated rings. The standard InChI is InChI=1S/C11H14N2O/c12-11(14)9-3-1-8(2-4-9)10-5-6-13-7-10/h1-4,10,13H,5-7H2,(H2,12,14). The van der Waals surface area contributed by atoms with Crippen LogP contribution >= 0.6 is 0 Å². The van der Waals surface area contributed by atoms with Crippen LogP contribution in [0.3, 0.4) is 0 Å². The monoisotopic (exact) mass is 190 g/mol. The zero-order valence-corrected chi connectivity index (χ0v) is 7.99. The fourth-order valence-electron chi connectivity index (χ4n) is 1.86. The van der Waals surface area contributed by atoms with Crippen molar-refractivity contribution in [2.24, 2.45) is 5.73 Å². The number of carbonyl (C=O) groups is 1. The molecule has 1 aromatic rings. The number of rotatable bonds is 2. The third-order valence-corrected chi connectivity index (χ3v) is 2.73. The predicted molar refractivity (Wildman–Crippen MR) is 55.2 cm³/mol. The lowest BCUT2D eigenvalue weighted by Crippen LogP contribution is -2.11. The van der Waals surface area contributed by atoms with Gasteiger partial charge in [0.2, 0.25) is 5.91 Å². The normalized spacial score (nSPS) is 21.0. The summed E-state index contributed by atoms with van der Waals surface area (Å²) in [6.45, 7) is 2.12. The summed E-state index contributed by atoms with van der Waals surface area (Å²) in [6, 6.07) is 7.60. The van der Waals surface area contributed by atoms with Gasteiger partial charge < -0.3 is 11.1 Å². The van der Waals surface area contributed by atoms with E-state index in [9.17, 15) is 4.79 Å². The van der Waals surface area contributed by atoms with Crippen molar-refractivity contribution in [1.82, 2.24) is 5.32 Å². The third kappa shape index (κ3) is 1.77. The van der Waals surface area contributed by atoms with E-state index in [1.807, 2.05) is 12.1 Å². The molecule has 3 N–H and O–H groups in total. The highest BCUT2D eigenvalue weighted by atomic mass is 16.1. The fourth-order valence-corrected chi connectivity index (χ4v) is 1.86. The molecular weight excluding hydrogens is 176 g/mol. The molecule has 0 saturated carbocycles. The topological polar surface area (TPSA) is 55.1 Å². The number of hydrogen-bond donors (Lipinski definition) is 2. The average molecular weight is 190 g/mol. The Morgan fingerprint density at radius 1 is 1.36 bits per heavy atom. The molecule has 1 aliphatic heterocycles. The molecule has 0 bridgehead atoms. The number of primary amides is 1. The molecule has 0 spiro atoms. The number of nitrogens with two attached hydrogens (primary N) is 1. The van der Waals surface area contributed by atoms with Gasteiger partial charge in [-0.3, -0.25) is 4.79 Å². The van der Waals surface area contributed by atoms with Gasteiger partial charge >= 0.3 is 0 Å². The minimum atomic E-state index is -0.360. The van der Waals surface area contributed by atoms with Gasteiger partial charge in [-0.1, -0.05) is 12.1 Å². The number of amides is 1. The van der Waals surface area contributed by atoms with Gasteiger partial charge in [-0.05, 0) is 36.6 Å².